The molecule has 2 amide bonds. The number of amides is 2. The number of aromatic nitrogens is 2. The first-order chi connectivity index (χ1) is 16.7. The summed E-state index contributed by atoms with van der Waals surface area (Å²) in [5, 5.41) is 3.38. The largest absolute Gasteiger partial charge is 0.341 e. The second-order valence-electron chi connectivity index (χ2n) is 11.5. The Labute approximate surface area is 213 Å². The van der Waals surface area contributed by atoms with E-state index in [1.165, 1.54) is 17.2 Å². The summed E-state index contributed by atoms with van der Waals surface area (Å²) in [6.07, 6.45) is 6.52. The number of hydrogen-bond acceptors (Lipinski definition) is 4. The van der Waals surface area contributed by atoms with Gasteiger partial charge >= 0.3 is 0 Å². The minimum atomic E-state index is -0.343. The second-order valence-corrected chi connectivity index (χ2v) is 11.5. The number of piperidine rings is 1. The molecular weight excluding hydrogens is 438 g/mol. The lowest BCUT2D eigenvalue weighted by Crippen LogP contribution is -2.62. The van der Waals surface area contributed by atoms with Crippen LogP contribution >= 0.6 is 0 Å². The summed E-state index contributed by atoms with van der Waals surface area (Å²) >= 11 is 0. The predicted octanol–water partition coefficient (Wildman–Crippen LogP) is 3.59. The topological polar surface area (TPSA) is 70.5 Å². The van der Waals surface area contributed by atoms with Gasteiger partial charge < -0.3 is 19.7 Å². The standard InChI is InChI=1S/C28H49N5O2/c1-8-22-24(9-2)31(7)26(30-22)18-21-10-13-32(14-11-21)28(35)25(17-20(5)6)33-15-12-29-23(27(33)34)16-19(3)4/h19-21,23,25,29H,8-18H2,1-7H3/t23-,25?/m0/s1. The van der Waals surface area contributed by atoms with Crippen molar-refractivity contribution in [2.75, 3.05) is 26.2 Å². The fourth-order valence-electron chi connectivity index (χ4n) is 5.91. The van der Waals surface area contributed by atoms with Crippen LogP contribution in [0.4, 0.5) is 0 Å². The minimum Gasteiger partial charge on any atom is -0.341 e. The lowest BCUT2D eigenvalue weighted by molar-refractivity contribution is -0.150. The number of nitrogens with one attached hydrogen (secondary N) is 1. The van der Waals surface area contributed by atoms with E-state index in [1.807, 2.05) is 9.80 Å². The monoisotopic (exact) mass is 487 g/mol. The van der Waals surface area contributed by atoms with Gasteiger partial charge in [0.2, 0.25) is 11.8 Å². The molecule has 3 rings (SSSR count). The molecule has 2 aliphatic rings. The number of rotatable bonds is 10. The first-order valence-electron chi connectivity index (χ1n) is 14.0. The molecular formula is C28H49N5O2. The molecule has 1 unspecified atom stereocenters. The molecule has 1 N–H and O–H groups in total. The van der Waals surface area contributed by atoms with Crippen molar-refractivity contribution in [3.8, 4) is 0 Å². The van der Waals surface area contributed by atoms with Gasteiger partial charge in [-0.25, -0.2) is 4.98 Å². The highest BCUT2D eigenvalue weighted by Gasteiger charge is 2.39. The summed E-state index contributed by atoms with van der Waals surface area (Å²) in [5.41, 5.74) is 2.58. The van der Waals surface area contributed by atoms with Crippen LogP contribution in [0.5, 0.6) is 0 Å². The summed E-state index contributed by atoms with van der Waals surface area (Å²) in [6.45, 7) is 15.9. The fraction of sp³-hybridized carbons (Fsp3) is 0.821. The Bertz CT molecular complexity index is 854. The number of piperazine rings is 1. The first-order valence-corrected chi connectivity index (χ1v) is 14.0. The van der Waals surface area contributed by atoms with E-state index in [2.05, 4.69) is 58.5 Å². The molecule has 7 heteroatoms. The van der Waals surface area contributed by atoms with Gasteiger partial charge in [0.15, 0.2) is 0 Å². The van der Waals surface area contributed by atoms with E-state index in [0.717, 1.165) is 64.6 Å². The van der Waals surface area contributed by atoms with Gasteiger partial charge in [-0.1, -0.05) is 41.5 Å². The van der Waals surface area contributed by atoms with Gasteiger partial charge in [0, 0.05) is 45.3 Å². The maximum atomic E-state index is 13.7. The zero-order chi connectivity index (χ0) is 25.7. The molecule has 3 heterocycles. The zero-order valence-corrected chi connectivity index (χ0v) is 23.3. The molecule has 0 radical (unpaired) electrons. The van der Waals surface area contributed by atoms with Crippen LogP contribution in [0.1, 0.15) is 84.4 Å². The SMILES string of the molecule is CCc1nc(CC2CCN(C(=O)C(CC(C)C)N3CCN[C@@H](CC(C)C)C3=O)CC2)n(C)c1CC. The molecule has 0 aliphatic carbocycles. The third-order valence-electron chi connectivity index (χ3n) is 7.84. The molecule has 7 nitrogen and oxygen atoms in total. The van der Waals surface area contributed by atoms with Crippen molar-refractivity contribution in [1.29, 1.82) is 0 Å². The van der Waals surface area contributed by atoms with Crippen molar-refractivity contribution in [3.63, 3.8) is 0 Å². The molecule has 198 valence electrons. The number of imidazole rings is 1. The normalized spacial score (nSPS) is 20.8. The van der Waals surface area contributed by atoms with Gasteiger partial charge in [-0.2, -0.15) is 0 Å². The highest BCUT2D eigenvalue weighted by Crippen LogP contribution is 2.26. The Morgan fingerprint density at radius 3 is 2.29 bits per heavy atom. The van der Waals surface area contributed by atoms with Gasteiger partial charge in [0.1, 0.15) is 11.9 Å². The smallest absolute Gasteiger partial charge is 0.245 e. The third kappa shape index (κ3) is 6.66. The van der Waals surface area contributed by atoms with Crippen molar-refractivity contribution in [2.24, 2.45) is 24.8 Å². The van der Waals surface area contributed by atoms with Crippen molar-refractivity contribution >= 4 is 11.8 Å². The number of likely N-dealkylation sites (tertiary alicyclic amines) is 1. The van der Waals surface area contributed by atoms with Crippen LogP contribution in [0, 0.1) is 17.8 Å². The lowest BCUT2D eigenvalue weighted by atomic mass is 9.91. The molecule has 1 aromatic heterocycles. The summed E-state index contributed by atoms with van der Waals surface area (Å²) in [4.78, 5) is 35.9. The van der Waals surface area contributed by atoms with Crippen LogP contribution < -0.4 is 5.32 Å². The highest BCUT2D eigenvalue weighted by atomic mass is 16.2. The predicted molar refractivity (Wildman–Crippen MR) is 141 cm³/mol. The van der Waals surface area contributed by atoms with Gasteiger partial charge in [0.05, 0.1) is 11.7 Å². The fourth-order valence-corrected chi connectivity index (χ4v) is 5.91. The van der Waals surface area contributed by atoms with E-state index in [9.17, 15) is 9.59 Å². The molecule has 0 aromatic carbocycles. The molecule has 1 aromatic rings. The Balaban J connectivity index is 1.64. The first kappa shape index (κ1) is 27.7. The number of nitrogens with zero attached hydrogens (tertiary/aromatic N) is 4. The van der Waals surface area contributed by atoms with E-state index >= 15 is 0 Å². The van der Waals surface area contributed by atoms with E-state index in [1.54, 1.807) is 0 Å². The summed E-state index contributed by atoms with van der Waals surface area (Å²) in [6, 6.07) is -0.514. The van der Waals surface area contributed by atoms with Crippen molar-refractivity contribution < 1.29 is 9.59 Å². The Morgan fingerprint density at radius 2 is 1.74 bits per heavy atom. The molecule has 0 bridgehead atoms. The molecule has 2 aliphatic heterocycles. The summed E-state index contributed by atoms with van der Waals surface area (Å²) < 4.78 is 2.29. The molecule has 2 saturated heterocycles. The summed E-state index contributed by atoms with van der Waals surface area (Å²) in [7, 11) is 2.15. The van der Waals surface area contributed by atoms with E-state index in [-0.39, 0.29) is 23.9 Å². The van der Waals surface area contributed by atoms with Crippen LogP contribution in [0.3, 0.4) is 0 Å². The van der Waals surface area contributed by atoms with Crippen molar-refractivity contribution in [1.82, 2.24) is 24.7 Å². The maximum absolute atomic E-state index is 13.7. The quantitative estimate of drug-likeness (QED) is 0.548. The number of hydrogen-bond donors (Lipinski definition) is 1. The van der Waals surface area contributed by atoms with E-state index in [0.29, 0.717) is 24.3 Å². The zero-order valence-electron chi connectivity index (χ0n) is 23.3. The van der Waals surface area contributed by atoms with Gasteiger partial charge in [-0.15, -0.1) is 0 Å². The van der Waals surface area contributed by atoms with Crippen LogP contribution in [0.2, 0.25) is 0 Å². The van der Waals surface area contributed by atoms with Crippen LogP contribution in [-0.2, 0) is 35.9 Å². The number of aryl methyl sites for hydroxylation is 1. The molecule has 2 atom stereocenters. The second kappa shape index (κ2) is 12.4. The van der Waals surface area contributed by atoms with E-state index in [4.69, 9.17) is 4.98 Å². The Hall–Kier alpha value is -1.89. The average Bonchev–Trinajstić information content (AvgIpc) is 3.13. The summed E-state index contributed by atoms with van der Waals surface area (Å²) in [5.74, 6) is 2.78. The number of carbonyl (C=O) groups is 2. The maximum Gasteiger partial charge on any atom is 0.245 e. The van der Waals surface area contributed by atoms with Gasteiger partial charge in [-0.3, -0.25) is 9.59 Å². The van der Waals surface area contributed by atoms with Crippen molar-refractivity contribution in [3.05, 3.63) is 17.2 Å². The number of carbonyl (C=O) groups excluding carboxylic acids is 2. The van der Waals surface area contributed by atoms with Gasteiger partial charge in [-0.05, 0) is 56.3 Å². The Morgan fingerprint density at radius 1 is 1.06 bits per heavy atom. The highest BCUT2D eigenvalue weighted by molar-refractivity contribution is 5.90. The van der Waals surface area contributed by atoms with Crippen LogP contribution in [0.25, 0.3) is 0 Å². The minimum absolute atomic E-state index is 0.104. The lowest BCUT2D eigenvalue weighted by Gasteiger charge is -2.42. The van der Waals surface area contributed by atoms with Crippen LogP contribution in [0.15, 0.2) is 0 Å². The van der Waals surface area contributed by atoms with Crippen molar-refractivity contribution in [2.45, 2.75) is 98.6 Å². The average molecular weight is 488 g/mol. The van der Waals surface area contributed by atoms with E-state index < -0.39 is 0 Å². The Kier molecular flexibility index (Phi) is 9.79. The van der Waals surface area contributed by atoms with Crippen LogP contribution in [-0.4, -0.2) is 69.4 Å². The molecule has 2 fully saturated rings. The molecule has 35 heavy (non-hydrogen) atoms. The molecule has 0 saturated carbocycles. The third-order valence-corrected chi connectivity index (χ3v) is 7.84. The van der Waals surface area contributed by atoms with Gasteiger partial charge in [0.25, 0.3) is 0 Å². The molecule has 0 spiro atoms.